The van der Waals surface area contributed by atoms with Gasteiger partial charge in [-0.05, 0) is 17.7 Å². The van der Waals surface area contributed by atoms with E-state index in [4.69, 9.17) is 9.52 Å². The van der Waals surface area contributed by atoms with E-state index >= 15 is 0 Å². The summed E-state index contributed by atoms with van der Waals surface area (Å²) >= 11 is 0. The Morgan fingerprint density at radius 1 is 1.09 bits per heavy atom. The quantitative estimate of drug-likeness (QED) is 0.773. The molecule has 0 saturated heterocycles. The number of benzene rings is 2. The summed E-state index contributed by atoms with van der Waals surface area (Å²) in [7, 11) is 0. The van der Waals surface area contributed by atoms with Gasteiger partial charge in [0.1, 0.15) is 11.3 Å². The first-order valence-corrected chi connectivity index (χ1v) is 7.06. The van der Waals surface area contributed by atoms with Gasteiger partial charge in [0.2, 0.25) is 0 Å². The molecule has 2 N–H and O–H groups in total. The topological polar surface area (TPSA) is 87.7 Å². The molecular formula is C18H14O5. The van der Waals surface area contributed by atoms with Crippen molar-refractivity contribution in [1.82, 2.24) is 0 Å². The summed E-state index contributed by atoms with van der Waals surface area (Å²) < 4.78 is 5.82. The summed E-state index contributed by atoms with van der Waals surface area (Å²) in [5.41, 5.74) is 1.56. The zero-order valence-electron chi connectivity index (χ0n) is 12.2. The number of hydrogen-bond acceptors (Lipinski definition) is 4. The second-order valence-corrected chi connectivity index (χ2v) is 5.20. The Labute approximate surface area is 131 Å². The van der Waals surface area contributed by atoms with E-state index in [0.717, 1.165) is 5.56 Å². The van der Waals surface area contributed by atoms with Crippen molar-refractivity contribution in [2.75, 3.05) is 0 Å². The van der Waals surface area contributed by atoms with Gasteiger partial charge in [0, 0.05) is 17.2 Å². The van der Waals surface area contributed by atoms with Crippen LogP contribution in [0.3, 0.4) is 0 Å². The second-order valence-electron chi connectivity index (χ2n) is 5.20. The van der Waals surface area contributed by atoms with Crippen LogP contribution in [-0.2, 0) is 17.8 Å². The Balaban J connectivity index is 2.29. The lowest BCUT2D eigenvalue weighted by Crippen LogP contribution is -2.07. The summed E-state index contributed by atoms with van der Waals surface area (Å²) in [4.78, 5) is 23.5. The monoisotopic (exact) mass is 310 g/mol. The van der Waals surface area contributed by atoms with Gasteiger partial charge in [-0.25, -0.2) is 0 Å². The van der Waals surface area contributed by atoms with Crippen LogP contribution in [0.1, 0.15) is 11.1 Å². The molecular weight excluding hydrogens is 296 g/mol. The highest BCUT2D eigenvalue weighted by Crippen LogP contribution is 2.26. The summed E-state index contributed by atoms with van der Waals surface area (Å²) in [5, 5.41) is 18.6. The van der Waals surface area contributed by atoms with Crippen molar-refractivity contribution >= 4 is 16.9 Å². The maximum atomic E-state index is 12.4. The molecule has 0 atom stereocenters. The van der Waals surface area contributed by atoms with E-state index in [-0.39, 0.29) is 29.4 Å². The largest absolute Gasteiger partial charge is 0.481 e. The molecule has 3 aromatic rings. The Morgan fingerprint density at radius 3 is 2.48 bits per heavy atom. The van der Waals surface area contributed by atoms with Crippen LogP contribution in [0.4, 0.5) is 0 Å². The van der Waals surface area contributed by atoms with Gasteiger partial charge in [-0.15, -0.1) is 0 Å². The third-order valence-electron chi connectivity index (χ3n) is 3.55. The molecule has 3 rings (SSSR count). The fourth-order valence-electron chi connectivity index (χ4n) is 2.52. The summed E-state index contributed by atoms with van der Waals surface area (Å²) in [6, 6.07) is 13.6. The lowest BCUT2D eigenvalue weighted by molar-refractivity contribution is -0.136. The molecule has 5 heteroatoms. The first kappa shape index (κ1) is 15.0. The standard InChI is InChI=1S/C18H14O5/c19-10-11-6-13(8-17(21)22)18-14(7-11)15(20)9-16(23-18)12-4-2-1-3-5-12/h1-7,9,19H,8,10H2,(H,21,22). The molecule has 0 amide bonds. The van der Waals surface area contributed by atoms with Crippen molar-refractivity contribution < 1.29 is 19.4 Å². The minimum atomic E-state index is -1.03. The minimum absolute atomic E-state index is 0.246. The second kappa shape index (κ2) is 6.06. The van der Waals surface area contributed by atoms with Crippen molar-refractivity contribution in [3.05, 3.63) is 69.9 Å². The molecule has 23 heavy (non-hydrogen) atoms. The fraction of sp³-hybridized carbons (Fsp3) is 0.111. The van der Waals surface area contributed by atoms with Crippen molar-refractivity contribution in [2.45, 2.75) is 13.0 Å². The lowest BCUT2D eigenvalue weighted by atomic mass is 10.0. The molecule has 1 aromatic heterocycles. The number of aliphatic carboxylic acids is 1. The predicted octanol–water partition coefficient (Wildman–Crippen LogP) is 2.58. The van der Waals surface area contributed by atoms with E-state index in [1.165, 1.54) is 12.1 Å². The summed E-state index contributed by atoms with van der Waals surface area (Å²) in [5.74, 6) is -0.652. The summed E-state index contributed by atoms with van der Waals surface area (Å²) in [6.45, 7) is -0.275. The normalized spacial score (nSPS) is 10.8. The third-order valence-corrected chi connectivity index (χ3v) is 3.55. The zero-order chi connectivity index (χ0) is 16.4. The number of fused-ring (bicyclic) bond motifs is 1. The van der Waals surface area contributed by atoms with Gasteiger partial charge in [-0.1, -0.05) is 30.3 Å². The number of hydrogen-bond donors (Lipinski definition) is 2. The number of aliphatic hydroxyl groups excluding tert-OH is 1. The molecule has 0 bridgehead atoms. The molecule has 0 aliphatic heterocycles. The maximum Gasteiger partial charge on any atom is 0.307 e. The Hall–Kier alpha value is -2.92. The van der Waals surface area contributed by atoms with Crippen molar-refractivity contribution in [2.24, 2.45) is 0 Å². The molecule has 5 nitrogen and oxygen atoms in total. The smallest absolute Gasteiger partial charge is 0.307 e. The summed E-state index contributed by atoms with van der Waals surface area (Å²) in [6.07, 6.45) is -0.286. The van der Waals surface area contributed by atoms with E-state index in [2.05, 4.69) is 0 Å². The van der Waals surface area contributed by atoms with Gasteiger partial charge < -0.3 is 14.6 Å². The number of rotatable bonds is 4. The maximum absolute atomic E-state index is 12.4. The van der Waals surface area contributed by atoms with Crippen LogP contribution in [0.5, 0.6) is 0 Å². The molecule has 0 saturated carbocycles. The minimum Gasteiger partial charge on any atom is -0.481 e. The van der Waals surface area contributed by atoms with Crippen LogP contribution in [0, 0.1) is 0 Å². The van der Waals surface area contributed by atoms with E-state index < -0.39 is 5.97 Å². The molecule has 0 aliphatic rings. The van der Waals surface area contributed by atoms with Crippen molar-refractivity contribution in [3.8, 4) is 11.3 Å². The lowest BCUT2D eigenvalue weighted by Gasteiger charge is -2.09. The molecule has 2 aromatic carbocycles. The number of carboxylic acid groups (broad SMARTS) is 1. The average Bonchev–Trinajstić information content (AvgIpc) is 2.55. The molecule has 0 aliphatic carbocycles. The van der Waals surface area contributed by atoms with E-state index in [1.807, 2.05) is 30.3 Å². The Morgan fingerprint density at radius 2 is 1.83 bits per heavy atom. The zero-order valence-corrected chi connectivity index (χ0v) is 12.2. The first-order valence-electron chi connectivity index (χ1n) is 7.06. The molecule has 0 fully saturated rings. The highest BCUT2D eigenvalue weighted by molar-refractivity contribution is 5.86. The van der Waals surface area contributed by atoms with Crippen molar-refractivity contribution in [1.29, 1.82) is 0 Å². The molecule has 116 valence electrons. The van der Waals surface area contributed by atoms with Gasteiger partial charge in [0.05, 0.1) is 18.4 Å². The van der Waals surface area contributed by atoms with Crippen LogP contribution in [0.25, 0.3) is 22.3 Å². The van der Waals surface area contributed by atoms with E-state index in [1.54, 1.807) is 6.07 Å². The Kier molecular flexibility index (Phi) is 3.95. The van der Waals surface area contributed by atoms with Gasteiger partial charge in [0.15, 0.2) is 5.43 Å². The highest BCUT2D eigenvalue weighted by atomic mass is 16.4. The first-order chi connectivity index (χ1) is 11.1. The fourth-order valence-corrected chi connectivity index (χ4v) is 2.52. The van der Waals surface area contributed by atoms with Crippen LogP contribution in [0.15, 0.2) is 57.7 Å². The Bertz CT molecular complexity index is 925. The number of aliphatic hydroxyl groups is 1. The van der Waals surface area contributed by atoms with Gasteiger partial charge in [-0.2, -0.15) is 0 Å². The van der Waals surface area contributed by atoms with E-state index in [9.17, 15) is 14.7 Å². The van der Waals surface area contributed by atoms with Crippen LogP contribution in [-0.4, -0.2) is 16.2 Å². The van der Waals surface area contributed by atoms with Crippen LogP contribution >= 0.6 is 0 Å². The highest BCUT2D eigenvalue weighted by Gasteiger charge is 2.14. The van der Waals surface area contributed by atoms with E-state index in [0.29, 0.717) is 16.9 Å². The molecule has 1 heterocycles. The predicted molar refractivity (Wildman–Crippen MR) is 85.2 cm³/mol. The molecule has 0 unspecified atom stereocenters. The number of carbonyl (C=O) groups is 1. The van der Waals surface area contributed by atoms with Crippen LogP contribution in [0.2, 0.25) is 0 Å². The average molecular weight is 310 g/mol. The van der Waals surface area contributed by atoms with Gasteiger partial charge in [-0.3, -0.25) is 9.59 Å². The number of carboxylic acids is 1. The van der Waals surface area contributed by atoms with Gasteiger partial charge >= 0.3 is 5.97 Å². The molecule has 0 radical (unpaired) electrons. The third kappa shape index (κ3) is 3.00. The van der Waals surface area contributed by atoms with Gasteiger partial charge in [0.25, 0.3) is 0 Å². The van der Waals surface area contributed by atoms with Crippen molar-refractivity contribution in [3.63, 3.8) is 0 Å². The van der Waals surface area contributed by atoms with Crippen LogP contribution < -0.4 is 5.43 Å². The SMILES string of the molecule is O=C(O)Cc1cc(CO)cc2c(=O)cc(-c3ccccc3)oc12. The molecule has 0 spiro atoms.